The van der Waals surface area contributed by atoms with Gasteiger partial charge in [-0.05, 0) is 0 Å². The molecule has 0 amide bonds. The van der Waals surface area contributed by atoms with Crippen LogP contribution in [-0.4, -0.2) is 41.6 Å². The molecule has 0 fully saturated rings. The van der Waals surface area contributed by atoms with Crippen molar-refractivity contribution in [2.45, 2.75) is 20.8 Å². The Hall–Kier alpha value is -1.53. The maximum absolute atomic E-state index is 9.00. The van der Waals surface area contributed by atoms with Crippen LogP contribution in [0.2, 0.25) is 0 Å². The van der Waals surface area contributed by atoms with Crippen LogP contribution in [0.5, 0.6) is 0 Å². The maximum Gasteiger partial charge on any atom is 0.300 e. The monoisotopic (exact) mass is 194 g/mol. The van der Waals surface area contributed by atoms with Crippen LogP contribution in [-0.2, 0) is 14.4 Å². The first-order valence-corrected chi connectivity index (χ1v) is 2.78. The lowest BCUT2D eigenvalue weighted by Crippen LogP contribution is -1.78. The Balaban J connectivity index is -0.0000000450. The van der Waals surface area contributed by atoms with E-state index in [2.05, 4.69) is 0 Å². The molecule has 3 N–H and O–H groups in total. The summed E-state index contributed by atoms with van der Waals surface area (Å²) in [7, 11) is 0. The summed E-state index contributed by atoms with van der Waals surface area (Å²) < 4.78 is 0. The molecule has 0 saturated heterocycles. The lowest BCUT2D eigenvalue weighted by Gasteiger charge is -1.59. The van der Waals surface area contributed by atoms with E-state index in [0.717, 1.165) is 20.8 Å². The highest BCUT2D eigenvalue weighted by molar-refractivity contribution is 5.75. The molecule has 0 atom stereocenters. The van der Waals surface area contributed by atoms with Crippen molar-refractivity contribution in [2.75, 3.05) is 0 Å². The number of aliphatic carboxylic acids is 3. The van der Waals surface area contributed by atoms with Gasteiger partial charge in [-0.2, -0.15) is 0 Å². The average Bonchev–Trinajstić information content (AvgIpc) is 1.54. The highest BCUT2D eigenvalue weighted by atomic mass is 16.4. The highest BCUT2D eigenvalue weighted by Gasteiger charge is 1.66. The minimum Gasteiger partial charge on any atom is -0.481 e. The van der Waals surface area contributed by atoms with E-state index in [4.69, 9.17) is 29.7 Å². The Bertz CT molecular complexity index is 115. The topological polar surface area (TPSA) is 112 Å². The van der Waals surface area contributed by atoms with Crippen LogP contribution in [0, 0.1) is 0 Å². The summed E-state index contributed by atoms with van der Waals surface area (Å²) in [6.07, 6.45) is 0. The van der Waals surface area contributed by atoms with E-state index in [-0.39, 0.29) is 8.41 Å². The van der Waals surface area contributed by atoms with E-state index in [0.29, 0.717) is 0 Å². The molecule has 0 unspecified atom stereocenters. The Morgan fingerprint density at radius 3 is 0.692 bits per heavy atom. The molecule has 0 rings (SSSR count). The third kappa shape index (κ3) is 323. The van der Waals surface area contributed by atoms with Crippen molar-refractivity contribution in [1.29, 1.82) is 0 Å². The van der Waals surface area contributed by atoms with E-state index in [1.165, 1.54) is 0 Å². The molecule has 0 aromatic rings. The fourth-order valence-electron chi connectivity index (χ4n) is 0. The first-order chi connectivity index (χ1) is 5.20. The normalized spacial score (nSPS) is 5.77. The van der Waals surface area contributed by atoms with Gasteiger partial charge in [0.25, 0.3) is 17.9 Å². The zero-order valence-electron chi connectivity index (χ0n) is 7.07. The molecule has 7 heteroatoms. The maximum atomic E-state index is 9.00. The van der Waals surface area contributed by atoms with Crippen LogP contribution in [0.25, 0.3) is 0 Å². The summed E-state index contributed by atoms with van der Waals surface area (Å²) in [5.41, 5.74) is 0. The van der Waals surface area contributed by atoms with Gasteiger partial charge in [0.1, 0.15) is 0 Å². The first kappa shape index (κ1) is 22.5. The number of hydrogen-bond donors (Lipinski definition) is 3. The van der Waals surface area contributed by atoms with E-state index in [1.54, 1.807) is 0 Å². The molecule has 0 heterocycles. The van der Waals surface area contributed by atoms with E-state index in [9.17, 15) is 0 Å². The predicted octanol–water partition coefficient (Wildman–Crippen LogP) is -0.911. The number of hydrogen-bond acceptors (Lipinski definition) is 3. The van der Waals surface area contributed by atoms with E-state index in [1.807, 2.05) is 0 Å². The fraction of sp³-hybridized carbons (Fsp3) is 0.500. The van der Waals surface area contributed by atoms with Gasteiger partial charge in [0.05, 0.1) is 8.41 Å². The smallest absolute Gasteiger partial charge is 0.300 e. The van der Waals surface area contributed by atoms with E-state index < -0.39 is 17.9 Å². The van der Waals surface area contributed by atoms with Crippen LogP contribution in [0.15, 0.2) is 0 Å². The van der Waals surface area contributed by atoms with Gasteiger partial charge in [0.2, 0.25) is 0 Å². The van der Waals surface area contributed by atoms with Crippen molar-refractivity contribution in [3.8, 4) is 0 Å². The first-order valence-electron chi connectivity index (χ1n) is 2.78. The quantitative estimate of drug-likeness (QED) is 0.430. The lowest BCUT2D eigenvalue weighted by atomic mass is 10.8. The minimum absolute atomic E-state index is 0. The minimum atomic E-state index is -0.833. The van der Waals surface area contributed by atoms with Crippen LogP contribution < -0.4 is 0 Å². The largest absolute Gasteiger partial charge is 0.481 e. The van der Waals surface area contributed by atoms with E-state index >= 15 is 0 Å². The number of carboxylic acid groups (broad SMARTS) is 3. The molecule has 78 valence electrons. The third-order valence-electron chi connectivity index (χ3n) is 0. The molecule has 13 heavy (non-hydrogen) atoms. The molecular weight excluding hydrogens is 179 g/mol. The van der Waals surface area contributed by atoms with Crippen LogP contribution in [0.3, 0.4) is 0 Å². The van der Waals surface area contributed by atoms with Gasteiger partial charge < -0.3 is 15.3 Å². The summed E-state index contributed by atoms with van der Waals surface area (Å²) in [4.78, 5) is 27.0. The van der Waals surface area contributed by atoms with Gasteiger partial charge >= 0.3 is 0 Å². The van der Waals surface area contributed by atoms with Gasteiger partial charge in [-0.1, -0.05) is 0 Å². The van der Waals surface area contributed by atoms with Gasteiger partial charge in [-0.25, -0.2) is 0 Å². The third-order valence-corrected chi connectivity index (χ3v) is 0. The zero-order valence-corrected chi connectivity index (χ0v) is 7.07. The molecule has 6 nitrogen and oxygen atoms in total. The van der Waals surface area contributed by atoms with Crippen LogP contribution >= 0.6 is 0 Å². The van der Waals surface area contributed by atoms with Crippen molar-refractivity contribution in [1.82, 2.24) is 0 Å². The molecule has 0 bridgehead atoms. The fourth-order valence-corrected chi connectivity index (χ4v) is 0. The Labute approximate surface area is 77.8 Å². The summed E-state index contributed by atoms with van der Waals surface area (Å²) >= 11 is 0. The van der Waals surface area contributed by atoms with Crippen molar-refractivity contribution in [3.63, 3.8) is 0 Å². The summed E-state index contributed by atoms with van der Waals surface area (Å²) in [5.74, 6) is -2.50. The number of rotatable bonds is 0. The molecule has 0 aromatic heterocycles. The number of carbonyl (C=O) groups is 3. The Morgan fingerprint density at radius 1 is 0.692 bits per heavy atom. The second-order valence-electron chi connectivity index (χ2n) is 1.56. The van der Waals surface area contributed by atoms with Crippen molar-refractivity contribution < 1.29 is 29.7 Å². The molecule has 0 aromatic carbocycles. The van der Waals surface area contributed by atoms with Crippen LogP contribution in [0.4, 0.5) is 0 Å². The average molecular weight is 194 g/mol. The van der Waals surface area contributed by atoms with Gasteiger partial charge in [0.15, 0.2) is 0 Å². The summed E-state index contributed by atoms with van der Waals surface area (Å²) in [6, 6.07) is 0. The van der Waals surface area contributed by atoms with Crippen molar-refractivity contribution in [2.24, 2.45) is 0 Å². The van der Waals surface area contributed by atoms with Crippen molar-refractivity contribution >= 4 is 26.3 Å². The predicted molar refractivity (Wildman–Crippen MR) is 49.9 cm³/mol. The summed E-state index contributed by atoms with van der Waals surface area (Å²) in [5, 5.41) is 22.2. The second-order valence-corrected chi connectivity index (χ2v) is 1.56. The highest BCUT2D eigenvalue weighted by Crippen LogP contribution is 1.42. The molecule has 0 aliphatic carbocycles. The molecular formula is C6H15BO6. The number of carboxylic acids is 3. The Kier molecular flexibility index (Phi) is 29.2. The lowest BCUT2D eigenvalue weighted by molar-refractivity contribution is -0.135. The van der Waals surface area contributed by atoms with Crippen LogP contribution in [0.1, 0.15) is 20.8 Å². The molecule has 0 saturated carbocycles. The Morgan fingerprint density at radius 2 is 0.692 bits per heavy atom. The second kappa shape index (κ2) is 16.8. The van der Waals surface area contributed by atoms with Crippen molar-refractivity contribution in [3.05, 3.63) is 0 Å². The molecule has 0 aliphatic rings. The summed E-state index contributed by atoms with van der Waals surface area (Å²) in [6.45, 7) is 3.25. The molecule has 0 radical (unpaired) electrons. The van der Waals surface area contributed by atoms with Gasteiger partial charge in [-0.15, -0.1) is 0 Å². The van der Waals surface area contributed by atoms with Gasteiger partial charge in [0, 0.05) is 20.8 Å². The SMILES string of the molecule is B.CC(=O)O.CC(=O)O.CC(=O)O. The van der Waals surface area contributed by atoms with Gasteiger partial charge in [-0.3, -0.25) is 14.4 Å². The zero-order chi connectivity index (χ0) is 10.7. The molecule has 0 aliphatic heterocycles. The standard InChI is InChI=1S/3C2H4O2.BH3/c3*1-2(3)4;/h3*1H3,(H,3,4);1H3. The molecule has 0 spiro atoms.